The third-order valence-corrected chi connectivity index (χ3v) is 2.96. The van der Waals surface area contributed by atoms with Gasteiger partial charge >= 0.3 is 0 Å². The number of fused-ring (bicyclic) bond motifs is 2. The lowest BCUT2D eigenvalue weighted by atomic mass is 9.97. The molecule has 2 heterocycles. The van der Waals surface area contributed by atoms with Crippen molar-refractivity contribution in [2.45, 2.75) is 50.1 Å². The highest BCUT2D eigenvalue weighted by atomic mass is 16.7. The van der Waals surface area contributed by atoms with Crippen molar-refractivity contribution in [2.75, 3.05) is 0 Å². The molecule has 3 atom stereocenters. The molecular weight excluding hydrogens is 168 g/mol. The Morgan fingerprint density at radius 2 is 2.31 bits per heavy atom. The maximum atomic E-state index is 9.65. The van der Waals surface area contributed by atoms with Gasteiger partial charge in [-0.2, -0.15) is 0 Å². The first kappa shape index (κ1) is 9.03. The first-order valence-corrected chi connectivity index (χ1v) is 4.90. The summed E-state index contributed by atoms with van der Waals surface area (Å²) in [6.45, 7) is 3.55. The third kappa shape index (κ3) is 1.58. The first-order chi connectivity index (χ1) is 6.26. The standard InChI is InChI=1S/C10H16O3/c1-2-12-10-6-3-4-8(11)9(13-10)5-7-10/h2,8-9,11H,1,3-7H2. The molecule has 0 saturated carbocycles. The maximum Gasteiger partial charge on any atom is 0.210 e. The van der Waals surface area contributed by atoms with E-state index in [4.69, 9.17) is 9.47 Å². The molecule has 1 N–H and O–H groups in total. The van der Waals surface area contributed by atoms with E-state index < -0.39 is 5.79 Å². The highest BCUT2D eigenvalue weighted by Crippen LogP contribution is 2.40. The molecule has 0 radical (unpaired) electrons. The highest BCUT2D eigenvalue weighted by molar-refractivity contribution is 4.89. The van der Waals surface area contributed by atoms with Crippen LogP contribution in [0.2, 0.25) is 0 Å². The zero-order valence-electron chi connectivity index (χ0n) is 7.74. The van der Waals surface area contributed by atoms with Crippen molar-refractivity contribution >= 4 is 0 Å². The molecule has 2 aliphatic heterocycles. The van der Waals surface area contributed by atoms with Crippen molar-refractivity contribution < 1.29 is 14.6 Å². The van der Waals surface area contributed by atoms with Crippen LogP contribution in [0.4, 0.5) is 0 Å². The quantitative estimate of drug-likeness (QED) is 0.662. The third-order valence-electron chi connectivity index (χ3n) is 2.96. The molecular formula is C10H16O3. The Morgan fingerprint density at radius 1 is 1.46 bits per heavy atom. The zero-order chi connectivity index (χ0) is 9.31. The van der Waals surface area contributed by atoms with E-state index in [-0.39, 0.29) is 12.2 Å². The van der Waals surface area contributed by atoms with E-state index in [1.807, 2.05) is 0 Å². The van der Waals surface area contributed by atoms with Gasteiger partial charge in [0.15, 0.2) is 0 Å². The van der Waals surface area contributed by atoms with Gasteiger partial charge < -0.3 is 14.6 Å². The fourth-order valence-electron chi connectivity index (χ4n) is 2.27. The molecule has 0 aromatic carbocycles. The second-order valence-corrected chi connectivity index (χ2v) is 3.85. The summed E-state index contributed by atoms with van der Waals surface area (Å²) in [6, 6.07) is 0. The minimum atomic E-state index is -0.468. The first-order valence-electron chi connectivity index (χ1n) is 4.90. The topological polar surface area (TPSA) is 38.7 Å². The van der Waals surface area contributed by atoms with Gasteiger partial charge in [-0.1, -0.05) is 6.58 Å². The van der Waals surface area contributed by atoms with Gasteiger partial charge in [0.25, 0.3) is 0 Å². The predicted molar refractivity (Wildman–Crippen MR) is 48.0 cm³/mol. The van der Waals surface area contributed by atoms with Crippen LogP contribution in [-0.4, -0.2) is 23.1 Å². The molecule has 2 aliphatic rings. The summed E-state index contributed by atoms with van der Waals surface area (Å²) in [4.78, 5) is 0. The lowest BCUT2D eigenvalue weighted by Crippen LogP contribution is -2.31. The lowest BCUT2D eigenvalue weighted by Gasteiger charge is -2.26. The summed E-state index contributed by atoms with van der Waals surface area (Å²) >= 11 is 0. The van der Waals surface area contributed by atoms with E-state index >= 15 is 0 Å². The van der Waals surface area contributed by atoms with Gasteiger partial charge in [-0.3, -0.25) is 0 Å². The van der Waals surface area contributed by atoms with E-state index in [1.165, 1.54) is 6.26 Å². The molecule has 0 spiro atoms. The molecule has 2 rings (SSSR count). The molecule has 2 bridgehead atoms. The summed E-state index contributed by atoms with van der Waals surface area (Å²) in [5.74, 6) is -0.468. The van der Waals surface area contributed by atoms with Gasteiger partial charge in [-0.15, -0.1) is 0 Å². The number of rotatable bonds is 2. The van der Waals surface area contributed by atoms with Crippen molar-refractivity contribution in [1.29, 1.82) is 0 Å². The Hall–Kier alpha value is -0.540. The normalized spacial score (nSPS) is 44.1. The molecule has 0 amide bonds. The van der Waals surface area contributed by atoms with E-state index in [1.54, 1.807) is 0 Å². The van der Waals surface area contributed by atoms with Crippen LogP contribution in [0.15, 0.2) is 12.8 Å². The van der Waals surface area contributed by atoms with E-state index in [2.05, 4.69) is 6.58 Å². The highest BCUT2D eigenvalue weighted by Gasteiger charge is 2.45. The summed E-state index contributed by atoms with van der Waals surface area (Å²) in [5, 5.41) is 9.65. The number of ether oxygens (including phenoxy) is 2. The second kappa shape index (κ2) is 3.31. The van der Waals surface area contributed by atoms with Crippen molar-refractivity contribution in [3.8, 4) is 0 Å². The van der Waals surface area contributed by atoms with Crippen LogP contribution in [0.5, 0.6) is 0 Å². The van der Waals surface area contributed by atoms with Crippen molar-refractivity contribution in [3.63, 3.8) is 0 Å². The minimum absolute atomic E-state index is 0.0255. The Bertz CT molecular complexity index is 204. The van der Waals surface area contributed by atoms with E-state index in [0.29, 0.717) is 0 Å². The molecule has 3 nitrogen and oxygen atoms in total. The van der Waals surface area contributed by atoms with Crippen molar-refractivity contribution in [3.05, 3.63) is 12.8 Å². The summed E-state index contributed by atoms with van der Waals surface area (Å²) < 4.78 is 11.1. The molecule has 2 fully saturated rings. The SMILES string of the molecule is C=COC12CCCC(O)C(CC1)O2. The Balaban J connectivity index is 2.10. The van der Waals surface area contributed by atoms with Crippen LogP contribution in [0.1, 0.15) is 32.1 Å². The van der Waals surface area contributed by atoms with Gasteiger partial charge in [0.2, 0.25) is 5.79 Å². The summed E-state index contributed by atoms with van der Waals surface area (Å²) in [6.07, 6.45) is 5.54. The summed E-state index contributed by atoms with van der Waals surface area (Å²) in [7, 11) is 0. The molecule has 0 aromatic rings. The number of aliphatic hydroxyl groups excluding tert-OH is 1. The minimum Gasteiger partial charge on any atom is -0.471 e. The van der Waals surface area contributed by atoms with Crippen LogP contribution >= 0.6 is 0 Å². The van der Waals surface area contributed by atoms with E-state index in [0.717, 1.165) is 32.1 Å². The molecule has 13 heavy (non-hydrogen) atoms. The van der Waals surface area contributed by atoms with Gasteiger partial charge in [-0.05, 0) is 19.3 Å². The summed E-state index contributed by atoms with van der Waals surface area (Å²) in [5.41, 5.74) is 0. The molecule has 3 heteroatoms. The monoisotopic (exact) mass is 184 g/mol. The molecule has 0 aromatic heterocycles. The largest absolute Gasteiger partial charge is 0.471 e. The fourth-order valence-corrected chi connectivity index (χ4v) is 2.27. The molecule has 3 unspecified atom stereocenters. The van der Waals surface area contributed by atoms with Crippen LogP contribution in [0.25, 0.3) is 0 Å². The molecule has 0 aliphatic carbocycles. The number of hydrogen-bond acceptors (Lipinski definition) is 3. The van der Waals surface area contributed by atoms with Crippen molar-refractivity contribution in [2.24, 2.45) is 0 Å². The smallest absolute Gasteiger partial charge is 0.210 e. The predicted octanol–water partition coefficient (Wildman–Crippen LogP) is 1.57. The van der Waals surface area contributed by atoms with Gasteiger partial charge in [-0.25, -0.2) is 0 Å². The van der Waals surface area contributed by atoms with Crippen LogP contribution in [0, 0.1) is 0 Å². The Labute approximate surface area is 78.3 Å². The number of aliphatic hydroxyl groups is 1. The maximum absolute atomic E-state index is 9.65. The number of hydrogen-bond donors (Lipinski definition) is 1. The van der Waals surface area contributed by atoms with Crippen LogP contribution in [0.3, 0.4) is 0 Å². The van der Waals surface area contributed by atoms with Gasteiger partial charge in [0, 0.05) is 12.8 Å². The lowest BCUT2D eigenvalue weighted by molar-refractivity contribution is -0.204. The average Bonchev–Trinajstić information content (AvgIpc) is 2.42. The Kier molecular flexibility index (Phi) is 2.30. The molecule has 2 saturated heterocycles. The van der Waals surface area contributed by atoms with Gasteiger partial charge in [0.05, 0.1) is 18.5 Å². The van der Waals surface area contributed by atoms with Crippen LogP contribution < -0.4 is 0 Å². The second-order valence-electron chi connectivity index (χ2n) is 3.85. The van der Waals surface area contributed by atoms with Crippen LogP contribution in [-0.2, 0) is 9.47 Å². The average molecular weight is 184 g/mol. The van der Waals surface area contributed by atoms with Gasteiger partial charge in [0.1, 0.15) is 0 Å². The fraction of sp³-hybridized carbons (Fsp3) is 0.800. The van der Waals surface area contributed by atoms with Crippen molar-refractivity contribution in [1.82, 2.24) is 0 Å². The Morgan fingerprint density at radius 3 is 3.08 bits per heavy atom. The molecule has 74 valence electrons. The van der Waals surface area contributed by atoms with E-state index in [9.17, 15) is 5.11 Å². The zero-order valence-corrected chi connectivity index (χ0v) is 7.74.